The van der Waals surface area contributed by atoms with Crippen LogP contribution >= 0.6 is 31.9 Å². The minimum Gasteiger partial charge on any atom is -0.476 e. The maximum Gasteiger partial charge on any atom is 0.312 e. The quantitative estimate of drug-likeness (QED) is 0.142. The van der Waals surface area contributed by atoms with E-state index in [-0.39, 0.29) is 22.6 Å². The average molecular weight is 643 g/mol. The highest BCUT2D eigenvalue weighted by atomic mass is 79.9. The van der Waals surface area contributed by atoms with Crippen LogP contribution in [0.25, 0.3) is 10.9 Å². The van der Waals surface area contributed by atoms with E-state index < -0.39 is 17.4 Å². The van der Waals surface area contributed by atoms with E-state index in [0.717, 1.165) is 10.9 Å². The number of amides is 1. The number of carbonyl (C=O) groups excluding carboxylic acids is 1. The van der Waals surface area contributed by atoms with Gasteiger partial charge in [-0.25, -0.2) is 4.98 Å². The van der Waals surface area contributed by atoms with Crippen molar-refractivity contribution in [1.82, 2.24) is 9.66 Å². The highest BCUT2D eigenvalue weighted by Crippen LogP contribution is 2.34. The van der Waals surface area contributed by atoms with Crippen molar-refractivity contribution in [3.63, 3.8) is 0 Å². The van der Waals surface area contributed by atoms with Crippen LogP contribution in [-0.4, -0.2) is 33.3 Å². The van der Waals surface area contributed by atoms with Crippen LogP contribution in [0.4, 0.5) is 11.4 Å². The molecule has 0 aliphatic carbocycles. The van der Waals surface area contributed by atoms with E-state index in [9.17, 15) is 19.7 Å². The Morgan fingerprint density at radius 1 is 1.16 bits per heavy atom. The molecule has 4 rings (SSSR count). The number of nitrogens with one attached hydrogen (secondary N) is 1. The molecule has 0 aliphatic rings. The lowest BCUT2D eigenvalue weighted by molar-refractivity contribution is -0.385. The summed E-state index contributed by atoms with van der Waals surface area (Å²) in [5.41, 5.74) is 0.550. The molecular formula is C26H21Br2N5O5. The first kappa shape index (κ1) is 27.1. The number of para-hydroxylation sites is 1. The molecule has 0 spiro atoms. The third kappa shape index (κ3) is 6.32. The fourth-order valence-corrected chi connectivity index (χ4v) is 4.49. The molecule has 1 aromatic heterocycles. The summed E-state index contributed by atoms with van der Waals surface area (Å²) < 4.78 is 7.92. The van der Waals surface area contributed by atoms with Crippen molar-refractivity contribution in [1.29, 1.82) is 0 Å². The summed E-state index contributed by atoms with van der Waals surface area (Å²) in [6.45, 7) is 1.47. The third-order valence-corrected chi connectivity index (χ3v) is 6.28. The second-order valence-corrected chi connectivity index (χ2v) is 9.94. The van der Waals surface area contributed by atoms with Crippen LogP contribution in [0, 0.1) is 10.1 Å². The van der Waals surface area contributed by atoms with Gasteiger partial charge in [0.1, 0.15) is 5.82 Å². The number of nitro groups is 1. The van der Waals surface area contributed by atoms with Gasteiger partial charge in [0.2, 0.25) is 5.75 Å². The van der Waals surface area contributed by atoms with Crippen molar-refractivity contribution in [2.75, 3.05) is 11.9 Å². The molecule has 38 heavy (non-hydrogen) atoms. The number of nitrogens with zero attached hydrogens (tertiary/aromatic N) is 4. The fourth-order valence-electron chi connectivity index (χ4n) is 3.66. The Kier molecular flexibility index (Phi) is 8.64. The molecule has 0 saturated carbocycles. The van der Waals surface area contributed by atoms with Gasteiger partial charge in [-0.2, -0.15) is 9.78 Å². The van der Waals surface area contributed by atoms with Gasteiger partial charge in [-0.1, -0.05) is 57.0 Å². The molecule has 4 aromatic rings. The van der Waals surface area contributed by atoms with Crippen LogP contribution in [0.15, 0.2) is 79.5 Å². The topological polar surface area (TPSA) is 129 Å². The van der Waals surface area contributed by atoms with Crippen LogP contribution in [0.3, 0.4) is 0 Å². The number of aryl methyl sites for hydroxylation is 1. The van der Waals surface area contributed by atoms with Crippen LogP contribution in [0.5, 0.6) is 5.75 Å². The standard InChI is InChI=1S/C26H21Br2N5O5/c1-2-6-23-31-21-10-9-17(27)12-20(21)26(35)32(23)29-14-16-11-18(28)13-22(33(36)37)25(16)38-15-24(34)30-19-7-4-3-5-8-19/h3-5,7-14H,2,6,15H2,1H3,(H,30,34). The van der Waals surface area contributed by atoms with E-state index >= 15 is 0 Å². The molecule has 12 heteroatoms. The molecule has 1 N–H and O–H groups in total. The first-order chi connectivity index (χ1) is 18.3. The van der Waals surface area contributed by atoms with Gasteiger partial charge in [0, 0.05) is 32.7 Å². The molecule has 10 nitrogen and oxygen atoms in total. The van der Waals surface area contributed by atoms with Crippen LogP contribution in [0.2, 0.25) is 0 Å². The number of ether oxygens (including phenoxy) is 1. The molecule has 0 atom stereocenters. The number of rotatable bonds is 9. The minimum absolute atomic E-state index is 0.160. The summed E-state index contributed by atoms with van der Waals surface area (Å²) in [7, 11) is 0. The Morgan fingerprint density at radius 3 is 2.63 bits per heavy atom. The summed E-state index contributed by atoms with van der Waals surface area (Å²) in [5, 5.41) is 19.2. The van der Waals surface area contributed by atoms with Gasteiger partial charge in [-0.15, -0.1) is 0 Å². The summed E-state index contributed by atoms with van der Waals surface area (Å²) in [6, 6.07) is 16.8. The van der Waals surface area contributed by atoms with Gasteiger partial charge in [0.15, 0.2) is 6.61 Å². The average Bonchev–Trinajstić information content (AvgIpc) is 2.88. The van der Waals surface area contributed by atoms with Gasteiger partial charge in [-0.05, 0) is 42.8 Å². The molecule has 0 aliphatic heterocycles. The molecule has 194 valence electrons. The number of anilines is 1. The number of halogens is 2. The van der Waals surface area contributed by atoms with Gasteiger partial charge < -0.3 is 10.1 Å². The zero-order chi connectivity index (χ0) is 27.2. The van der Waals surface area contributed by atoms with Crippen molar-refractivity contribution >= 4 is 66.3 Å². The van der Waals surface area contributed by atoms with E-state index in [1.807, 2.05) is 13.0 Å². The largest absolute Gasteiger partial charge is 0.476 e. The van der Waals surface area contributed by atoms with Crippen LogP contribution < -0.4 is 15.6 Å². The van der Waals surface area contributed by atoms with Crippen molar-refractivity contribution < 1.29 is 14.5 Å². The number of benzene rings is 3. The van der Waals surface area contributed by atoms with E-state index in [2.05, 4.69) is 47.3 Å². The normalized spacial score (nSPS) is 11.1. The second kappa shape index (κ2) is 12.1. The molecule has 0 saturated heterocycles. The maximum atomic E-state index is 13.3. The number of hydrogen-bond acceptors (Lipinski definition) is 7. The zero-order valence-corrected chi connectivity index (χ0v) is 23.2. The monoisotopic (exact) mass is 641 g/mol. The smallest absolute Gasteiger partial charge is 0.312 e. The number of fused-ring (bicyclic) bond motifs is 1. The third-order valence-electron chi connectivity index (χ3n) is 5.33. The molecule has 0 unspecified atom stereocenters. The molecule has 0 fully saturated rings. The SMILES string of the molecule is CCCc1nc2ccc(Br)cc2c(=O)n1N=Cc1cc(Br)cc([N+](=O)[O-])c1OCC(=O)Nc1ccccc1. The highest BCUT2D eigenvalue weighted by molar-refractivity contribution is 9.10. The molecule has 3 aromatic carbocycles. The van der Waals surface area contributed by atoms with Gasteiger partial charge in [0.25, 0.3) is 11.5 Å². The van der Waals surface area contributed by atoms with E-state index in [1.165, 1.54) is 17.0 Å². The van der Waals surface area contributed by atoms with Gasteiger partial charge in [0.05, 0.1) is 22.0 Å². The Morgan fingerprint density at radius 2 is 1.92 bits per heavy atom. The molecular weight excluding hydrogens is 622 g/mol. The predicted molar refractivity (Wildman–Crippen MR) is 152 cm³/mol. The molecule has 0 bridgehead atoms. The Balaban J connectivity index is 1.73. The first-order valence-electron chi connectivity index (χ1n) is 11.5. The van der Waals surface area contributed by atoms with Gasteiger partial charge >= 0.3 is 5.69 Å². The lowest BCUT2D eigenvalue weighted by atomic mass is 10.2. The minimum atomic E-state index is -0.615. The van der Waals surface area contributed by atoms with E-state index in [1.54, 1.807) is 48.5 Å². The Hall–Kier alpha value is -3.90. The summed E-state index contributed by atoms with van der Waals surface area (Å²) in [6.07, 6.45) is 2.49. The second-order valence-electron chi connectivity index (χ2n) is 8.10. The zero-order valence-electron chi connectivity index (χ0n) is 20.1. The number of nitro benzene ring substituents is 1. The van der Waals surface area contributed by atoms with Crippen LogP contribution in [-0.2, 0) is 11.2 Å². The van der Waals surface area contributed by atoms with Crippen molar-refractivity contribution in [2.24, 2.45) is 5.10 Å². The molecule has 1 amide bonds. The Labute approximate surface area is 233 Å². The lowest BCUT2D eigenvalue weighted by Gasteiger charge is -2.12. The predicted octanol–water partition coefficient (Wildman–Crippen LogP) is 5.68. The summed E-state index contributed by atoms with van der Waals surface area (Å²) in [5.74, 6) is -0.216. The summed E-state index contributed by atoms with van der Waals surface area (Å²) >= 11 is 6.65. The number of aromatic nitrogens is 2. The molecule has 0 radical (unpaired) electrons. The Bertz CT molecular complexity index is 1610. The van der Waals surface area contributed by atoms with Crippen LogP contribution in [0.1, 0.15) is 24.7 Å². The van der Waals surface area contributed by atoms with Crippen molar-refractivity contribution in [3.8, 4) is 5.75 Å². The lowest BCUT2D eigenvalue weighted by Crippen LogP contribution is -2.23. The first-order valence-corrected chi connectivity index (χ1v) is 13.1. The highest BCUT2D eigenvalue weighted by Gasteiger charge is 2.22. The number of hydrogen-bond donors (Lipinski definition) is 1. The maximum absolute atomic E-state index is 13.3. The van der Waals surface area contributed by atoms with Gasteiger partial charge in [-0.3, -0.25) is 19.7 Å². The van der Waals surface area contributed by atoms with E-state index in [4.69, 9.17) is 4.74 Å². The van der Waals surface area contributed by atoms with Crippen molar-refractivity contribution in [3.05, 3.63) is 101 Å². The molecule has 1 heterocycles. The van der Waals surface area contributed by atoms with Crippen molar-refractivity contribution in [2.45, 2.75) is 19.8 Å². The van der Waals surface area contributed by atoms with E-state index in [0.29, 0.717) is 33.3 Å². The summed E-state index contributed by atoms with van der Waals surface area (Å²) in [4.78, 5) is 41.5. The number of carbonyl (C=O) groups is 1. The fraction of sp³-hybridized carbons (Fsp3) is 0.154.